The average molecular weight is 324 g/mol. The predicted octanol–water partition coefficient (Wildman–Crippen LogP) is 3.30. The van der Waals surface area contributed by atoms with Crippen LogP contribution in [0.3, 0.4) is 0 Å². The second kappa shape index (κ2) is 6.53. The molecule has 2 aliphatic rings. The maximum absolute atomic E-state index is 11.6. The van der Waals surface area contributed by atoms with Crippen LogP contribution in [0.1, 0.15) is 18.0 Å². The number of benzene rings is 1. The first-order chi connectivity index (χ1) is 10.2. The van der Waals surface area contributed by atoms with Crippen LogP contribution in [0.5, 0.6) is 0 Å². The van der Waals surface area contributed by atoms with E-state index in [2.05, 4.69) is 11.0 Å². The fourth-order valence-corrected chi connectivity index (χ4v) is 4.32. The zero-order valence-electron chi connectivity index (χ0n) is 11.9. The number of fused-ring (bicyclic) bond motifs is 1. The molecule has 2 aliphatic heterocycles. The van der Waals surface area contributed by atoms with Crippen molar-refractivity contribution >= 4 is 28.5 Å². The second-order valence-electron chi connectivity index (χ2n) is 5.40. The SMILES string of the molecule is COC[C@H](c1ccccc1Cl)N1CCC2SC(=O)C=C2C1. The normalized spacial score (nSPS) is 23.8. The Bertz CT molecular complexity index is 575. The van der Waals surface area contributed by atoms with Crippen LogP contribution < -0.4 is 0 Å². The third-order valence-corrected chi connectivity index (χ3v) is 5.59. The fourth-order valence-electron chi connectivity index (χ4n) is 3.04. The van der Waals surface area contributed by atoms with E-state index in [1.807, 2.05) is 18.2 Å². The summed E-state index contributed by atoms with van der Waals surface area (Å²) in [6, 6.07) is 8.05. The lowest BCUT2D eigenvalue weighted by molar-refractivity contribution is -0.106. The zero-order chi connectivity index (χ0) is 14.8. The molecule has 0 amide bonds. The van der Waals surface area contributed by atoms with E-state index in [0.29, 0.717) is 11.9 Å². The first-order valence-corrected chi connectivity index (χ1v) is 8.33. The number of halogens is 1. The number of carbonyl (C=O) groups is 1. The summed E-state index contributed by atoms with van der Waals surface area (Å²) in [4.78, 5) is 13.9. The van der Waals surface area contributed by atoms with Crippen LogP contribution in [0, 0.1) is 0 Å². The Hall–Kier alpha value is -0.810. The third-order valence-electron chi connectivity index (χ3n) is 4.07. The molecule has 2 atom stereocenters. The minimum absolute atomic E-state index is 0.131. The van der Waals surface area contributed by atoms with Gasteiger partial charge in [0.25, 0.3) is 0 Å². The summed E-state index contributed by atoms with van der Waals surface area (Å²) >= 11 is 7.81. The summed E-state index contributed by atoms with van der Waals surface area (Å²) in [5, 5.41) is 1.34. The molecule has 3 rings (SSSR count). The van der Waals surface area contributed by atoms with Gasteiger partial charge in [0.15, 0.2) is 0 Å². The average Bonchev–Trinajstić information content (AvgIpc) is 2.85. The molecule has 1 unspecified atom stereocenters. The Kier molecular flexibility index (Phi) is 4.69. The number of rotatable bonds is 4. The van der Waals surface area contributed by atoms with Gasteiger partial charge in [-0.05, 0) is 29.7 Å². The lowest BCUT2D eigenvalue weighted by Crippen LogP contribution is -2.40. The molecule has 0 aromatic heterocycles. The van der Waals surface area contributed by atoms with Gasteiger partial charge in [-0.2, -0.15) is 0 Å². The van der Waals surface area contributed by atoms with Gasteiger partial charge in [-0.3, -0.25) is 9.69 Å². The van der Waals surface area contributed by atoms with E-state index < -0.39 is 0 Å². The van der Waals surface area contributed by atoms with Gasteiger partial charge in [0.05, 0.1) is 12.6 Å². The first kappa shape index (κ1) is 15.1. The van der Waals surface area contributed by atoms with Crippen LogP contribution in [0.25, 0.3) is 0 Å². The van der Waals surface area contributed by atoms with Crippen LogP contribution in [-0.4, -0.2) is 42.1 Å². The van der Waals surface area contributed by atoms with Gasteiger partial charge < -0.3 is 4.74 Å². The molecule has 2 heterocycles. The van der Waals surface area contributed by atoms with Gasteiger partial charge in [0.1, 0.15) is 0 Å². The molecule has 0 saturated carbocycles. The lowest BCUT2D eigenvalue weighted by Gasteiger charge is -2.37. The number of nitrogens with zero attached hydrogens (tertiary/aromatic N) is 1. The monoisotopic (exact) mass is 323 g/mol. The van der Waals surface area contributed by atoms with Gasteiger partial charge in [-0.15, -0.1) is 0 Å². The molecule has 0 N–H and O–H groups in total. The van der Waals surface area contributed by atoms with Gasteiger partial charge >= 0.3 is 0 Å². The Morgan fingerprint density at radius 2 is 2.29 bits per heavy atom. The molecular formula is C16H18ClNO2S. The van der Waals surface area contributed by atoms with Gasteiger partial charge in [0.2, 0.25) is 5.12 Å². The van der Waals surface area contributed by atoms with E-state index in [1.165, 1.54) is 17.3 Å². The summed E-state index contributed by atoms with van der Waals surface area (Å²) in [7, 11) is 1.71. The largest absolute Gasteiger partial charge is 0.383 e. The smallest absolute Gasteiger partial charge is 0.212 e. The second-order valence-corrected chi connectivity index (χ2v) is 7.01. The maximum Gasteiger partial charge on any atom is 0.212 e. The van der Waals surface area contributed by atoms with Crippen molar-refractivity contribution in [2.45, 2.75) is 17.7 Å². The van der Waals surface area contributed by atoms with Crippen LogP contribution in [-0.2, 0) is 9.53 Å². The van der Waals surface area contributed by atoms with E-state index in [1.54, 1.807) is 13.2 Å². The van der Waals surface area contributed by atoms with Crippen molar-refractivity contribution < 1.29 is 9.53 Å². The molecule has 1 aromatic rings. The van der Waals surface area contributed by atoms with Crippen LogP contribution in [0.4, 0.5) is 0 Å². The van der Waals surface area contributed by atoms with E-state index in [9.17, 15) is 4.79 Å². The summed E-state index contributed by atoms with van der Waals surface area (Å²) in [6.07, 6.45) is 2.81. The minimum Gasteiger partial charge on any atom is -0.383 e. The number of piperidine rings is 1. The summed E-state index contributed by atoms with van der Waals surface area (Å²) in [6.45, 7) is 2.38. The van der Waals surface area contributed by atoms with Crippen molar-refractivity contribution in [3.63, 3.8) is 0 Å². The van der Waals surface area contributed by atoms with Crippen LogP contribution >= 0.6 is 23.4 Å². The molecule has 3 nitrogen and oxygen atoms in total. The zero-order valence-corrected chi connectivity index (χ0v) is 13.5. The Labute approximate surface area is 134 Å². The van der Waals surface area contributed by atoms with Crippen molar-refractivity contribution in [3.05, 3.63) is 46.5 Å². The number of ether oxygens (including phenoxy) is 1. The molecule has 0 bridgehead atoms. The molecule has 0 radical (unpaired) electrons. The summed E-state index contributed by atoms with van der Waals surface area (Å²) < 4.78 is 5.41. The molecule has 0 aliphatic carbocycles. The Morgan fingerprint density at radius 3 is 3.05 bits per heavy atom. The van der Waals surface area contributed by atoms with Crippen molar-refractivity contribution in [1.29, 1.82) is 0 Å². The Balaban J connectivity index is 1.83. The highest BCUT2D eigenvalue weighted by molar-refractivity contribution is 8.15. The highest BCUT2D eigenvalue weighted by Gasteiger charge is 2.34. The van der Waals surface area contributed by atoms with E-state index in [0.717, 1.165) is 30.1 Å². The molecule has 1 saturated heterocycles. The minimum atomic E-state index is 0.131. The third kappa shape index (κ3) is 3.19. The van der Waals surface area contributed by atoms with Gasteiger partial charge in [0, 0.05) is 30.5 Å². The van der Waals surface area contributed by atoms with E-state index >= 15 is 0 Å². The Morgan fingerprint density at radius 1 is 1.48 bits per heavy atom. The molecular weight excluding hydrogens is 306 g/mol. The van der Waals surface area contributed by atoms with E-state index in [-0.39, 0.29) is 11.2 Å². The molecule has 1 aromatic carbocycles. The number of hydrogen-bond acceptors (Lipinski definition) is 4. The molecule has 5 heteroatoms. The van der Waals surface area contributed by atoms with Crippen LogP contribution in [0.2, 0.25) is 5.02 Å². The molecule has 112 valence electrons. The quantitative estimate of drug-likeness (QED) is 0.850. The summed E-state index contributed by atoms with van der Waals surface area (Å²) in [5.41, 5.74) is 2.33. The van der Waals surface area contributed by atoms with Crippen LogP contribution in [0.15, 0.2) is 35.9 Å². The van der Waals surface area contributed by atoms with Crippen molar-refractivity contribution in [2.24, 2.45) is 0 Å². The van der Waals surface area contributed by atoms with Crippen molar-refractivity contribution in [3.8, 4) is 0 Å². The fraction of sp³-hybridized carbons (Fsp3) is 0.438. The highest BCUT2D eigenvalue weighted by atomic mass is 35.5. The van der Waals surface area contributed by atoms with Crippen molar-refractivity contribution in [2.75, 3.05) is 26.8 Å². The number of hydrogen-bond donors (Lipinski definition) is 0. The van der Waals surface area contributed by atoms with Crippen molar-refractivity contribution in [1.82, 2.24) is 4.90 Å². The molecule has 21 heavy (non-hydrogen) atoms. The van der Waals surface area contributed by atoms with E-state index in [4.69, 9.17) is 16.3 Å². The molecule has 0 spiro atoms. The van der Waals surface area contributed by atoms with Gasteiger partial charge in [-0.25, -0.2) is 0 Å². The lowest BCUT2D eigenvalue weighted by atomic mass is 9.99. The van der Waals surface area contributed by atoms with Gasteiger partial charge in [-0.1, -0.05) is 41.6 Å². The highest BCUT2D eigenvalue weighted by Crippen LogP contribution is 2.38. The predicted molar refractivity (Wildman–Crippen MR) is 86.7 cm³/mol. The number of thioether (sulfide) groups is 1. The number of likely N-dealkylation sites (tertiary alicyclic amines) is 1. The standard InChI is InChI=1S/C16H18ClNO2S/c1-20-10-14(12-4-2-3-5-13(12)17)18-7-6-15-11(9-18)8-16(19)21-15/h2-5,8,14-15H,6-7,9-10H2,1H3/t14-,15?/m1/s1. The maximum atomic E-state index is 11.6. The summed E-state index contributed by atoms with van der Waals surface area (Å²) in [5.74, 6) is 0. The first-order valence-electron chi connectivity index (χ1n) is 7.07. The molecule has 1 fully saturated rings. The number of methoxy groups -OCH3 is 1. The number of carbonyl (C=O) groups excluding carboxylic acids is 1. The topological polar surface area (TPSA) is 29.5 Å².